The number of carbonyl (C=O) groups is 1. The van der Waals surface area contributed by atoms with Gasteiger partial charge in [0.2, 0.25) is 0 Å². The smallest absolute Gasteiger partial charge is 0.262 e. The molecule has 0 bridgehead atoms. The van der Waals surface area contributed by atoms with Gasteiger partial charge in [0.05, 0.1) is 29.9 Å². The second kappa shape index (κ2) is 10.4. The Kier molecular flexibility index (Phi) is 7.40. The van der Waals surface area contributed by atoms with Crippen LogP contribution in [0.2, 0.25) is 0 Å². The molecule has 1 aliphatic heterocycles. The Morgan fingerprint density at radius 3 is 2.62 bits per heavy atom. The van der Waals surface area contributed by atoms with Gasteiger partial charge in [0, 0.05) is 31.7 Å². The third kappa shape index (κ3) is 5.28. The number of fused-ring (bicyclic) bond motifs is 1. The van der Waals surface area contributed by atoms with Gasteiger partial charge in [-0.05, 0) is 49.6 Å². The second-order valence-electron chi connectivity index (χ2n) is 8.19. The molecule has 32 heavy (non-hydrogen) atoms. The molecule has 0 atom stereocenters. The molecule has 6 nitrogen and oxygen atoms in total. The van der Waals surface area contributed by atoms with E-state index in [-0.39, 0.29) is 17.1 Å². The van der Waals surface area contributed by atoms with Crippen LogP contribution in [0.4, 0.5) is 0 Å². The van der Waals surface area contributed by atoms with E-state index >= 15 is 0 Å². The topological polar surface area (TPSA) is 64.4 Å². The van der Waals surface area contributed by atoms with Crippen molar-refractivity contribution in [3.05, 3.63) is 69.5 Å². The lowest BCUT2D eigenvalue weighted by atomic mass is 10.0. The Morgan fingerprint density at radius 2 is 1.84 bits per heavy atom. The minimum atomic E-state index is -0.0429. The highest BCUT2D eigenvalue weighted by Gasteiger charge is 2.16. The normalized spacial score (nSPS) is 14.7. The monoisotopic (exact) mass is 451 g/mol. The van der Waals surface area contributed by atoms with Gasteiger partial charge < -0.3 is 4.74 Å². The number of thioether (sulfide) groups is 1. The van der Waals surface area contributed by atoms with Crippen LogP contribution >= 0.6 is 11.8 Å². The van der Waals surface area contributed by atoms with Crippen LogP contribution < -0.4 is 5.56 Å². The van der Waals surface area contributed by atoms with E-state index in [2.05, 4.69) is 4.90 Å². The number of aromatic nitrogens is 2. The number of benzene rings is 2. The molecule has 2 heterocycles. The second-order valence-corrected chi connectivity index (χ2v) is 9.13. The Morgan fingerprint density at radius 1 is 1.06 bits per heavy atom. The molecule has 4 rings (SSSR count). The van der Waals surface area contributed by atoms with Crippen LogP contribution in [-0.2, 0) is 11.3 Å². The summed E-state index contributed by atoms with van der Waals surface area (Å²) in [6.45, 7) is 8.91. The molecule has 0 aliphatic carbocycles. The summed E-state index contributed by atoms with van der Waals surface area (Å²) in [6.07, 6.45) is 0.846. The van der Waals surface area contributed by atoms with E-state index in [1.165, 1.54) is 17.3 Å². The van der Waals surface area contributed by atoms with Crippen LogP contribution in [0.3, 0.4) is 0 Å². The molecule has 0 amide bonds. The molecule has 2 aromatic carbocycles. The lowest BCUT2D eigenvalue weighted by Gasteiger charge is -2.26. The minimum absolute atomic E-state index is 0.0420. The molecule has 7 heteroatoms. The summed E-state index contributed by atoms with van der Waals surface area (Å²) in [7, 11) is 0. The quantitative estimate of drug-likeness (QED) is 0.296. The number of hydrogen-bond acceptors (Lipinski definition) is 6. The molecule has 1 saturated heterocycles. The van der Waals surface area contributed by atoms with Gasteiger partial charge in [-0.3, -0.25) is 19.1 Å². The zero-order chi connectivity index (χ0) is 22.5. The number of morpholine rings is 1. The average molecular weight is 452 g/mol. The molecule has 168 valence electrons. The largest absolute Gasteiger partial charge is 0.379 e. The molecular weight excluding hydrogens is 422 g/mol. The summed E-state index contributed by atoms with van der Waals surface area (Å²) in [4.78, 5) is 33.1. The summed E-state index contributed by atoms with van der Waals surface area (Å²) < 4.78 is 7.15. The van der Waals surface area contributed by atoms with Crippen LogP contribution in [0.25, 0.3) is 10.9 Å². The summed E-state index contributed by atoms with van der Waals surface area (Å²) in [5.74, 6) is 0.289. The fourth-order valence-corrected chi connectivity index (χ4v) is 4.78. The number of ether oxygens (including phenoxy) is 1. The summed E-state index contributed by atoms with van der Waals surface area (Å²) in [6, 6.07) is 13.2. The van der Waals surface area contributed by atoms with Crippen LogP contribution in [0, 0.1) is 13.8 Å². The van der Waals surface area contributed by atoms with Crippen molar-refractivity contribution < 1.29 is 9.53 Å². The third-order valence-corrected chi connectivity index (χ3v) is 6.92. The molecule has 0 spiro atoms. The molecule has 1 aromatic heterocycles. The highest BCUT2D eigenvalue weighted by atomic mass is 32.2. The van der Waals surface area contributed by atoms with Gasteiger partial charge in [0.25, 0.3) is 5.56 Å². The molecule has 3 aromatic rings. The van der Waals surface area contributed by atoms with Gasteiger partial charge in [-0.1, -0.05) is 36.0 Å². The van der Waals surface area contributed by atoms with Crippen molar-refractivity contribution in [1.82, 2.24) is 14.5 Å². The maximum absolute atomic E-state index is 13.2. The first-order valence-corrected chi connectivity index (χ1v) is 12.0. The predicted octanol–water partition coefficient (Wildman–Crippen LogP) is 3.71. The molecule has 0 radical (unpaired) electrons. The number of carbonyl (C=O) groups excluding carboxylic acids is 1. The van der Waals surface area contributed by atoms with Gasteiger partial charge in [0.1, 0.15) is 0 Å². The summed E-state index contributed by atoms with van der Waals surface area (Å²) in [5.41, 5.74) is 3.59. The zero-order valence-corrected chi connectivity index (χ0v) is 19.5. The van der Waals surface area contributed by atoms with E-state index < -0.39 is 0 Å². The van der Waals surface area contributed by atoms with E-state index in [0.29, 0.717) is 28.2 Å². The number of aryl methyl sites for hydroxylation is 2. The SMILES string of the molecule is Cc1ccc(C(=O)CSc2nc3ccccc3c(=O)n2CCCN2CCOCC2)cc1C. The van der Waals surface area contributed by atoms with Gasteiger partial charge in [-0.15, -0.1) is 0 Å². The van der Waals surface area contributed by atoms with Gasteiger partial charge in [-0.2, -0.15) is 0 Å². The van der Waals surface area contributed by atoms with Crippen molar-refractivity contribution >= 4 is 28.4 Å². The number of Topliss-reactive ketones (excluding diaryl/α,β-unsaturated/α-hetero) is 1. The molecule has 1 fully saturated rings. The number of ketones is 1. The number of rotatable bonds is 8. The van der Waals surface area contributed by atoms with Gasteiger partial charge in [0.15, 0.2) is 10.9 Å². The Balaban J connectivity index is 1.53. The maximum atomic E-state index is 13.2. The number of nitrogens with zero attached hydrogens (tertiary/aromatic N) is 3. The Hall–Kier alpha value is -2.48. The predicted molar refractivity (Wildman–Crippen MR) is 129 cm³/mol. The van der Waals surface area contributed by atoms with Crippen molar-refractivity contribution in [3.63, 3.8) is 0 Å². The van der Waals surface area contributed by atoms with Crippen LogP contribution in [0.5, 0.6) is 0 Å². The van der Waals surface area contributed by atoms with E-state index in [0.717, 1.165) is 44.8 Å². The molecule has 0 unspecified atom stereocenters. The fraction of sp³-hybridized carbons (Fsp3) is 0.400. The molecule has 0 N–H and O–H groups in total. The molecular formula is C25H29N3O3S. The zero-order valence-electron chi connectivity index (χ0n) is 18.7. The first-order chi connectivity index (χ1) is 15.5. The van der Waals surface area contributed by atoms with Gasteiger partial charge >= 0.3 is 0 Å². The fourth-order valence-electron chi connectivity index (χ4n) is 3.86. The van der Waals surface area contributed by atoms with Crippen LogP contribution in [0.15, 0.2) is 52.4 Å². The van der Waals surface area contributed by atoms with E-state index in [1.807, 2.05) is 56.3 Å². The molecule has 0 saturated carbocycles. The van der Waals surface area contributed by atoms with Crippen LogP contribution in [-0.4, -0.2) is 58.8 Å². The van der Waals surface area contributed by atoms with Gasteiger partial charge in [-0.25, -0.2) is 4.98 Å². The number of para-hydroxylation sites is 1. The first-order valence-electron chi connectivity index (χ1n) is 11.1. The van der Waals surface area contributed by atoms with E-state index in [9.17, 15) is 9.59 Å². The van der Waals surface area contributed by atoms with Crippen LogP contribution in [0.1, 0.15) is 27.9 Å². The number of hydrogen-bond donors (Lipinski definition) is 0. The highest BCUT2D eigenvalue weighted by molar-refractivity contribution is 7.99. The van der Waals surface area contributed by atoms with Crippen molar-refractivity contribution in [2.24, 2.45) is 0 Å². The third-order valence-electron chi connectivity index (χ3n) is 5.95. The standard InChI is InChI=1S/C25H29N3O3S/c1-18-8-9-20(16-19(18)2)23(29)17-32-25-26-22-7-4-3-6-21(22)24(30)28(25)11-5-10-27-12-14-31-15-13-27/h3-4,6-9,16H,5,10-15,17H2,1-2H3. The summed E-state index contributed by atoms with van der Waals surface area (Å²) in [5, 5.41) is 1.22. The Labute approximate surface area is 192 Å². The van der Waals surface area contributed by atoms with Crippen molar-refractivity contribution in [2.45, 2.75) is 32.0 Å². The first kappa shape index (κ1) is 22.7. The average Bonchev–Trinajstić information content (AvgIpc) is 2.81. The maximum Gasteiger partial charge on any atom is 0.262 e. The lowest BCUT2D eigenvalue weighted by Crippen LogP contribution is -2.37. The summed E-state index contributed by atoms with van der Waals surface area (Å²) >= 11 is 1.34. The van der Waals surface area contributed by atoms with Crippen molar-refractivity contribution in [2.75, 3.05) is 38.6 Å². The Bertz CT molecular complexity index is 1170. The van der Waals surface area contributed by atoms with Crippen molar-refractivity contribution in [3.8, 4) is 0 Å². The minimum Gasteiger partial charge on any atom is -0.379 e. The van der Waals surface area contributed by atoms with Crippen molar-refractivity contribution in [1.29, 1.82) is 0 Å². The lowest BCUT2D eigenvalue weighted by molar-refractivity contribution is 0.0368. The highest BCUT2D eigenvalue weighted by Crippen LogP contribution is 2.20. The molecule has 1 aliphatic rings. The van der Waals surface area contributed by atoms with E-state index in [1.54, 1.807) is 4.57 Å². The van der Waals surface area contributed by atoms with E-state index in [4.69, 9.17) is 9.72 Å².